The van der Waals surface area contributed by atoms with Crippen molar-refractivity contribution in [3.63, 3.8) is 0 Å². The molecule has 1 amide bonds. The van der Waals surface area contributed by atoms with Crippen LogP contribution in [0.1, 0.15) is 23.2 Å². The molecule has 1 fully saturated rings. The molecule has 0 radical (unpaired) electrons. The average Bonchev–Trinajstić information content (AvgIpc) is 2.68. The van der Waals surface area contributed by atoms with Crippen molar-refractivity contribution in [1.82, 2.24) is 14.9 Å². The Balaban J connectivity index is 1.69. The van der Waals surface area contributed by atoms with Crippen molar-refractivity contribution in [2.75, 3.05) is 27.3 Å². The second kappa shape index (κ2) is 7.83. The lowest BCUT2D eigenvalue weighted by Crippen LogP contribution is -2.44. The molecule has 2 aromatic rings. The molecule has 1 aromatic carbocycles. The van der Waals surface area contributed by atoms with Crippen LogP contribution in [0.3, 0.4) is 0 Å². The summed E-state index contributed by atoms with van der Waals surface area (Å²) in [6, 6.07) is 5.19. The predicted octanol–water partition coefficient (Wildman–Crippen LogP) is 2.18. The average molecular weight is 343 g/mol. The Labute approximate surface area is 146 Å². The predicted molar refractivity (Wildman–Crippen MR) is 91.1 cm³/mol. The van der Waals surface area contributed by atoms with Crippen LogP contribution in [-0.2, 0) is 0 Å². The largest absolute Gasteiger partial charge is 0.493 e. The number of carbonyl (C=O) groups excluding carboxylic acids is 1. The van der Waals surface area contributed by atoms with E-state index < -0.39 is 0 Å². The Morgan fingerprint density at radius 1 is 1.20 bits per heavy atom. The zero-order valence-electron chi connectivity index (χ0n) is 14.3. The van der Waals surface area contributed by atoms with E-state index in [1.165, 1.54) is 0 Å². The van der Waals surface area contributed by atoms with Gasteiger partial charge in [-0.3, -0.25) is 9.78 Å². The van der Waals surface area contributed by atoms with Crippen LogP contribution < -0.4 is 14.2 Å². The third-order valence-electron chi connectivity index (χ3n) is 4.12. The normalized spacial score (nSPS) is 17.0. The first-order valence-corrected chi connectivity index (χ1v) is 8.15. The van der Waals surface area contributed by atoms with Crippen LogP contribution in [0.15, 0.2) is 36.8 Å². The number of hydrogen-bond acceptors (Lipinski definition) is 6. The number of carbonyl (C=O) groups is 1. The number of hydrogen-bond donors (Lipinski definition) is 0. The van der Waals surface area contributed by atoms with Crippen LogP contribution in [0.2, 0.25) is 0 Å². The van der Waals surface area contributed by atoms with Crippen molar-refractivity contribution in [3.8, 4) is 17.4 Å². The second-order valence-corrected chi connectivity index (χ2v) is 5.75. The van der Waals surface area contributed by atoms with E-state index in [9.17, 15) is 4.79 Å². The van der Waals surface area contributed by atoms with Crippen LogP contribution >= 0.6 is 0 Å². The maximum absolute atomic E-state index is 12.8. The number of benzene rings is 1. The van der Waals surface area contributed by atoms with Gasteiger partial charge in [0.15, 0.2) is 11.5 Å². The Hall–Kier alpha value is -2.83. The molecule has 0 aliphatic carbocycles. The van der Waals surface area contributed by atoms with Crippen molar-refractivity contribution < 1.29 is 19.0 Å². The zero-order chi connectivity index (χ0) is 17.6. The quantitative estimate of drug-likeness (QED) is 0.828. The molecule has 1 aliphatic heterocycles. The lowest BCUT2D eigenvalue weighted by atomic mass is 10.1. The summed E-state index contributed by atoms with van der Waals surface area (Å²) in [6.07, 6.45) is 6.44. The highest BCUT2D eigenvalue weighted by atomic mass is 16.5. The fourth-order valence-corrected chi connectivity index (χ4v) is 2.89. The van der Waals surface area contributed by atoms with Gasteiger partial charge in [-0.2, -0.15) is 0 Å². The molecule has 1 aromatic heterocycles. The minimum atomic E-state index is -0.0884. The first-order valence-electron chi connectivity index (χ1n) is 8.15. The number of methoxy groups -OCH3 is 2. The van der Waals surface area contributed by atoms with Gasteiger partial charge in [0.2, 0.25) is 5.88 Å². The van der Waals surface area contributed by atoms with Crippen molar-refractivity contribution in [3.05, 3.63) is 42.4 Å². The van der Waals surface area contributed by atoms with E-state index >= 15 is 0 Å². The zero-order valence-corrected chi connectivity index (χ0v) is 14.3. The Morgan fingerprint density at radius 3 is 2.76 bits per heavy atom. The summed E-state index contributed by atoms with van der Waals surface area (Å²) in [7, 11) is 3.12. The molecule has 1 aliphatic rings. The summed E-state index contributed by atoms with van der Waals surface area (Å²) < 4.78 is 16.3. The monoisotopic (exact) mass is 343 g/mol. The van der Waals surface area contributed by atoms with Gasteiger partial charge in [0.1, 0.15) is 6.10 Å². The molecule has 25 heavy (non-hydrogen) atoms. The number of piperidine rings is 1. The molecule has 7 heteroatoms. The first kappa shape index (κ1) is 17.0. The van der Waals surface area contributed by atoms with Crippen molar-refractivity contribution in [1.29, 1.82) is 0 Å². The van der Waals surface area contributed by atoms with E-state index in [0.29, 0.717) is 36.0 Å². The molecular formula is C18H21N3O4. The van der Waals surface area contributed by atoms with Crippen LogP contribution in [0, 0.1) is 0 Å². The van der Waals surface area contributed by atoms with E-state index in [0.717, 1.165) is 12.8 Å². The molecule has 0 bridgehead atoms. The Bertz CT molecular complexity index is 724. The van der Waals surface area contributed by atoms with Crippen LogP contribution in [0.5, 0.6) is 17.4 Å². The topological polar surface area (TPSA) is 73.8 Å². The second-order valence-electron chi connectivity index (χ2n) is 5.75. The van der Waals surface area contributed by atoms with Crippen molar-refractivity contribution in [2.45, 2.75) is 18.9 Å². The van der Waals surface area contributed by atoms with E-state index in [1.54, 1.807) is 55.9 Å². The number of aromatic nitrogens is 2. The number of likely N-dealkylation sites (tertiary alicyclic amines) is 1. The lowest BCUT2D eigenvalue weighted by molar-refractivity contribution is 0.0526. The summed E-state index contributed by atoms with van der Waals surface area (Å²) in [6.45, 7) is 1.22. The summed E-state index contributed by atoms with van der Waals surface area (Å²) in [5, 5.41) is 0. The molecule has 132 valence electrons. The minimum absolute atomic E-state index is 0.0478. The van der Waals surface area contributed by atoms with Crippen LogP contribution in [0.25, 0.3) is 0 Å². The lowest BCUT2D eigenvalue weighted by Gasteiger charge is -2.32. The summed E-state index contributed by atoms with van der Waals surface area (Å²) in [5.41, 5.74) is 0.567. The molecular weight excluding hydrogens is 322 g/mol. The van der Waals surface area contributed by atoms with E-state index in [1.807, 2.05) is 0 Å². The van der Waals surface area contributed by atoms with Gasteiger partial charge in [-0.05, 0) is 31.0 Å². The van der Waals surface area contributed by atoms with E-state index in [2.05, 4.69) is 9.97 Å². The van der Waals surface area contributed by atoms with Gasteiger partial charge in [-0.15, -0.1) is 0 Å². The van der Waals surface area contributed by atoms with Gasteiger partial charge in [-0.25, -0.2) is 4.98 Å². The molecule has 2 heterocycles. The fraction of sp³-hybridized carbons (Fsp3) is 0.389. The van der Waals surface area contributed by atoms with Gasteiger partial charge >= 0.3 is 0 Å². The standard InChI is InChI=1S/C18H21N3O4/c1-23-15-6-5-13(10-16(15)24-2)18(22)21-9-3-4-14(12-21)25-17-11-19-7-8-20-17/h5-8,10-11,14H,3-4,9,12H2,1-2H3. The van der Waals surface area contributed by atoms with Gasteiger partial charge < -0.3 is 19.1 Å². The number of amides is 1. The third-order valence-corrected chi connectivity index (χ3v) is 4.12. The Kier molecular flexibility index (Phi) is 5.33. The molecule has 1 unspecified atom stereocenters. The minimum Gasteiger partial charge on any atom is -0.493 e. The highest BCUT2D eigenvalue weighted by Crippen LogP contribution is 2.28. The van der Waals surface area contributed by atoms with Crippen molar-refractivity contribution >= 4 is 5.91 Å². The van der Waals surface area contributed by atoms with Gasteiger partial charge in [-0.1, -0.05) is 0 Å². The summed E-state index contributed by atoms with van der Waals surface area (Å²) in [4.78, 5) is 22.7. The maximum Gasteiger partial charge on any atom is 0.254 e. The van der Waals surface area contributed by atoms with Crippen LogP contribution in [0.4, 0.5) is 0 Å². The molecule has 7 nitrogen and oxygen atoms in total. The Morgan fingerprint density at radius 2 is 2.04 bits per heavy atom. The number of ether oxygens (including phenoxy) is 3. The van der Waals surface area contributed by atoms with Crippen LogP contribution in [-0.4, -0.2) is 54.2 Å². The van der Waals surface area contributed by atoms with E-state index in [-0.39, 0.29) is 12.0 Å². The summed E-state index contributed by atoms with van der Waals surface area (Å²) >= 11 is 0. The van der Waals surface area contributed by atoms with Gasteiger partial charge in [0.05, 0.1) is 27.0 Å². The molecule has 1 saturated heterocycles. The maximum atomic E-state index is 12.8. The van der Waals surface area contributed by atoms with Gasteiger partial charge in [0.25, 0.3) is 5.91 Å². The molecule has 0 N–H and O–H groups in total. The van der Waals surface area contributed by atoms with Gasteiger partial charge in [0, 0.05) is 24.5 Å². The number of nitrogens with zero attached hydrogens (tertiary/aromatic N) is 3. The number of rotatable bonds is 5. The highest BCUT2D eigenvalue weighted by molar-refractivity contribution is 5.95. The molecule has 3 rings (SSSR count). The smallest absolute Gasteiger partial charge is 0.254 e. The third kappa shape index (κ3) is 3.99. The molecule has 0 saturated carbocycles. The highest BCUT2D eigenvalue weighted by Gasteiger charge is 2.26. The van der Waals surface area contributed by atoms with Crippen molar-refractivity contribution in [2.24, 2.45) is 0 Å². The van der Waals surface area contributed by atoms with E-state index in [4.69, 9.17) is 14.2 Å². The fourth-order valence-electron chi connectivity index (χ4n) is 2.89. The SMILES string of the molecule is COc1ccc(C(=O)N2CCCC(Oc3cnccn3)C2)cc1OC. The first-order chi connectivity index (χ1) is 12.2. The molecule has 0 spiro atoms. The summed E-state index contributed by atoms with van der Waals surface area (Å²) in [5.74, 6) is 1.57. The molecule has 1 atom stereocenters.